The molecule has 0 saturated heterocycles. The van der Waals surface area contributed by atoms with E-state index in [1.54, 1.807) is 6.92 Å². The van der Waals surface area contributed by atoms with E-state index in [2.05, 4.69) is 36.1 Å². The minimum absolute atomic E-state index is 0.0239. The monoisotopic (exact) mass is 320 g/mol. The summed E-state index contributed by atoms with van der Waals surface area (Å²) in [5.41, 5.74) is 1.28. The number of unbranched alkanes of at least 4 members (excludes halogenated alkanes) is 2. The van der Waals surface area contributed by atoms with E-state index in [1.807, 2.05) is 18.2 Å². The Labute approximate surface area is 142 Å². The summed E-state index contributed by atoms with van der Waals surface area (Å²) in [6.07, 6.45) is 3.51. The van der Waals surface area contributed by atoms with Crippen LogP contribution in [0, 0.1) is 41.9 Å². The van der Waals surface area contributed by atoms with Gasteiger partial charge < -0.3 is 4.74 Å². The number of hydrogen-bond donors (Lipinski definition) is 0. The van der Waals surface area contributed by atoms with E-state index >= 15 is 0 Å². The molecule has 0 aromatic heterocycles. The Morgan fingerprint density at radius 2 is 2.17 bits per heavy atom. The quantitative estimate of drug-likeness (QED) is 0.457. The molecule has 2 rings (SSSR count). The van der Waals surface area contributed by atoms with Gasteiger partial charge in [-0.05, 0) is 44.4 Å². The molecule has 2 nitrogen and oxygen atoms in total. The molecule has 0 spiro atoms. The van der Waals surface area contributed by atoms with Crippen molar-refractivity contribution in [2.75, 3.05) is 6.61 Å². The van der Waals surface area contributed by atoms with Crippen molar-refractivity contribution < 1.29 is 13.9 Å². The highest BCUT2D eigenvalue weighted by atomic mass is 19.1. The molecule has 0 atom stereocenters. The van der Waals surface area contributed by atoms with Crippen LogP contribution in [0.15, 0.2) is 24.3 Å². The van der Waals surface area contributed by atoms with Crippen LogP contribution in [-0.2, 0) is 11.2 Å². The zero-order valence-electron chi connectivity index (χ0n) is 13.5. The fourth-order valence-electron chi connectivity index (χ4n) is 2.05. The van der Waals surface area contributed by atoms with E-state index < -0.39 is 11.8 Å². The molecule has 24 heavy (non-hydrogen) atoms. The summed E-state index contributed by atoms with van der Waals surface area (Å²) in [7, 11) is 0. The van der Waals surface area contributed by atoms with Crippen molar-refractivity contribution in [3.63, 3.8) is 0 Å². The van der Waals surface area contributed by atoms with Gasteiger partial charge in [0.05, 0.1) is 6.61 Å². The van der Waals surface area contributed by atoms with Gasteiger partial charge in [0.15, 0.2) is 0 Å². The van der Waals surface area contributed by atoms with Gasteiger partial charge in [-0.25, -0.2) is 9.18 Å². The van der Waals surface area contributed by atoms with Crippen LogP contribution in [0.1, 0.15) is 47.7 Å². The molecule has 0 bridgehead atoms. The Hall–Kier alpha value is -2.96. The average molecular weight is 320 g/mol. The number of carbonyl (C=O) groups excluding carboxylic acids is 1. The van der Waals surface area contributed by atoms with E-state index in [-0.39, 0.29) is 17.7 Å². The minimum Gasteiger partial charge on any atom is -0.462 e. The molecule has 0 aliphatic rings. The van der Waals surface area contributed by atoms with Crippen LogP contribution < -0.4 is 0 Å². The Bertz CT molecular complexity index is 726. The Kier molecular flexibility index (Phi) is 6.70. The van der Waals surface area contributed by atoms with Crippen LogP contribution >= 0.6 is 0 Å². The maximum atomic E-state index is 13.9. The van der Waals surface area contributed by atoms with E-state index in [0.717, 1.165) is 30.9 Å². The third-order valence-corrected chi connectivity index (χ3v) is 3.25. The fraction of sp³-hybridized carbons (Fsp3) is 0.286. The summed E-state index contributed by atoms with van der Waals surface area (Å²) in [5, 5.41) is 0. The first-order chi connectivity index (χ1) is 11.7. The van der Waals surface area contributed by atoms with Crippen LogP contribution in [0.5, 0.6) is 0 Å². The predicted octanol–water partition coefficient (Wildman–Crippen LogP) is 3.97. The van der Waals surface area contributed by atoms with E-state index in [9.17, 15) is 9.18 Å². The number of ether oxygens (including phenoxy) is 1. The largest absolute Gasteiger partial charge is 0.462 e. The van der Waals surface area contributed by atoms with Crippen LogP contribution in [0.2, 0.25) is 0 Å². The number of rotatable bonds is 6. The molecule has 0 radical (unpaired) electrons. The lowest BCUT2D eigenvalue weighted by atomic mass is 10.1. The standard InChI is InChI=1S/C21H17FO2/c1-2-24-21(23)19-15-14-18(20(22)16-19)13-9-4-3-6-10-17-11-7-5-8-12-17/h5,7,11,16H,2-4,6,10H2,1H3. The number of aryl methyl sites for hydroxylation is 1. The molecule has 0 fully saturated rings. The van der Waals surface area contributed by atoms with Gasteiger partial charge in [0.1, 0.15) is 16.9 Å². The van der Waals surface area contributed by atoms with Gasteiger partial charge in [-0.2, -0.15) is 0 Å². The van der Waals surface area contributed by atoms with Crippen LogP contribution in [0.3, 0.4) is 0 Å². The van der Waals surface area contributed by atoms with Crippen LogP contribution in [0.25, 0.3) is 0 Å². The minimum atomic E-state index is -0.609. The van der Waals surface area contributed by atoms with Crippen molar-refractivity contribution in [3.05, 3.63) is 71.0 Å². The maximum Gasteiger partial charge on any atom is 0.346 e. The first-order valence-corrected chi connectivity index (χ1v) is 7.87. The third kappa shape index (κ3) is 5.35. The van der Waals surface area contributed by atoms with Crippen molar-refractivity contribution in [2.24, 2.45) is 0 Å². The van der Waals surface area contributed by atoms with E-state index in [0.29, 0.717) is 6.42 Å². The van der Waals surface area contributed by atoms with Gasteiger partial charge in [0, 0.05) is 12.0 Å². The van der Waals surface area contributed by atoms with Crippen molar-refractivity contribution >= 4 is 5.97 Å². The van der Waals surface area contributed by atoms with Crippen molar-refractivity contribution in [2.45, 2.75) is 32.6 Å². The maximum absolute atomic E-state index is 13.9. The zero-order valence-corrected chi connectivity index (χ0v) is 13.5. The number of carbonyl (C=O) groups is 1. The summed E-state index contributed by atoms with van der Waals surface area (Å²) in [4.78, 5) is 11.5. The molecule has 0 heterocycles. The second kappa shape index (κ2) is 9.24. The SMILES string of the molecule is CCOC(=O)c1c#cc(C#CCCCCc2c#cccc2)c(F)c1. The molecule has 120 valence electrons. The molecule has 0 aliphatic carbocycles. The van der Waals surface area contributed by atoms with Crippen LogP contribution in [0.4, 0.5) is 4.39 Å². The Morgan fingerprint density at radius 3 is 2.88 bits per heavy atom. The highest BCUT2D eigenvalue weighted by molar-refractivity contribution is 5.88. The van der Waals surface area contributed by atoms with Gasteiger partial charge in [0.2, 0.25) is 0 Å². The molecular formula is C21H17FO2. The van der Waals surface area contributed by atoms with Gasteiger partial charge in [-0.15, -0.1) is 0 Å². The number of halogens is 1. The highest BCUT2D eigenvalue weighted by Crippen LogP contribution is 2.07. The topological polar surface area (TPSA) is 26.3 Å². The predicted molar refractivity (Wildman–Crippen MR) is 88.6 cm³/mol. The van der Waals surface area contributed by atoms with Gasteiger partial charge in [0.25, 0.3) is 0 Å². The summed E-state index contributed by atoms with van der Waals surface area (Å²) in [6.45, 7) is 1.92. The lowest BCUT2D eigenvalue weighted by Gasteiger charge is -1.99. The first kappa shape index (κ1) is 17.4. The molecule has 0 N–H and O–H groups in total. The summed E-state index contributed by atoms with van der Waals surface area (Å²) in [6, 6.07) is 18.0. The van der Waals surface area contributed by atoms with Crippen molar-refractivity contribution in [1.29, 1.82) is 0 Å². The smallest absolute Gasteiger partial charge is 0.346 e. The second-order valence-electron chi connectivity index (χ2n) is 5.08. The molecule has 0 amide bonds. The third-order valence-electron chi connectivity index (χ3n) is 3.25. The summed E-state index contributed by atoms with van der Waals surface area (Å²) in [5.74, 6) is 4.47. The number of esters is 1. The lowest BCUT2D eigenvalue weighted by Crippen LogP contribution is -2.04. The van der Waals surface area contributed by atoms with Gasteiger partial charge >= 0.3 is 5.97 Å². The molecule has 0 unspecified atom stereocenters. The Balaban J connectivity index is 1.81. The van der Waals surface area contributed by atoms with E-state index in [1.165, 1.54) is 0 Å². The molecular weight excluding hydrogens is 303 g/mol. The summed E-state index contributed by atoms with van der Waals surface area (Å²) >= 11 is 0. The normalized spacial score (nSPS) is 9.25. The molecule has 0 saturated carbocycles. The first-order valence-electron chi connectivity index (χ1n) is 7.87. The summed E-state index contributed by atoms with van der Waals surface area (Å²) < 4.78 is 18.7. The fourth-order valence-corrected chi connectivity index (χ4v) is 2.05. The molecule has 2 aromatic rings. The van der Waals surface area contributed by atoms with Crippen LogP contribution in [-0.4, -0.2) is 12.6 Å². The lowest BCUT2D eigenvalue weighted by molar-refractivity contribution is 0.0526. The van der Waals surface area contributed by atoms with Crippen molar-refractivity contribution in [3.8, 4) is 11.8 Å². The van der Waals surface area contributed by atoms with E-state index in [4.69, 9.17) is 4.74 Å². The average Bonchev–Trinajstić information content (AvgIpc) is 2.60. The van der Waals surface area contributed by atoms with Gasteiger partial charge in [-0.1, -0.05) is 42.2 Å². The van der Waals surface area contributed by atoms with Crippen molar-refractivity contribution in [1.82, 2.24) is 0 Å². The molecule has 3 heteroatoms. The highest BCUT2D eigenvalue weighted by Gasteiger charge is 2.08. The molecule has 0 aliphatic heterocycles. The second-order valence-corrected chi connectivity index (χ2v) is 5.08. The zero-order chi connectivity index (χ0) is 17.2. The Morgan fingerprint density at radius 1 is 1.29 bits per heavy atom. The van der Waals surface area contributed by atoms with Gasteiger partial charge in [-0.3, -0.25) is 0 Å². The number of hydrogen-bond acceptors (Lipinski definition) is 2. The molecule has 2 aromatic carbocycles.